The Bertz CT molecular complexity index is 1300. The number of esters is 1. The van der Waals surface area contributed by atoms with Crippen LogP contribution in [0.25, 0.3) is 21.5 Å². The van der Waals surface area contributed by atoms with Crippen LogP contribution in [0.3, 0.4) is 0 Å². The van der Waals surface area contributed by atoms with E-state index in [1.165, 1.54) is 11.3 Å². The largest absolute Gasteiger partial charge is 0.486 e. The van der Waals surface area contributed by atoms with Gasteiger partial charge in [-0.2, -0.15) is 0 Å². The van der Waals surface area contributed by atoms with Gasteiger partial charge >= 0.3 is 5.97 Å². The van der Waals surface area contributed by atoms with E-state index in [4.69, 9.17) is 14.2 Å². The highest BCUT2D eigenvalue weighted by molar-refractivity contribution is 7.13. The Morgan fingerprint density at radius 2 is 1.84 bits per heavy atom. The molecule has 0 atom stereocenters. The first-order valence-electron chi connectivity index (χ1n) is 9.98. The van der Waals surface area contributed by atoms with Gasteiger partial charge in [0, 0.05) is 17.1 Å². The van der Waals surface area contributed by atoms with Crippen LogP contribution >= 0.6 is 11.3 Å². The molecule has 4 aromatic rings. The number of ether oxygens (including phenoxy) is 3. The number of hydrogen-bond acceptors (Lipinski definition) is 7. The first kappa shape index (κ1) is 20.0. The molecule has 0 fully saturated rings. The number of benzene rings is 2. The third-order valence-electron chi connectivity index (χ3n) is 4.87. The Labute approximate surface area is 187 Å². The number of nitrogens with one attached hydrogen (secondary N) is 1. The summed E-state index contributed by atoms with van der Waals surface area (Å²) in [5.74, 6) is 0.160. The minimum absolute atomic E-state index is 0.367. The lowest BCUT2D eigenvalue weighted by molar-refractivity contribution is -0.119. The summed E-state index contributed by atoms with van der Waals surface area (Å²) in [5.41, 5.74) is 2.27. The number of rotatable bonds is 5. The lowest BCUT2D eigenvalue weighted by Crippen LogP contribution is -2.21. The molecule has 0 unspecified atom stereocenters. The fourth-order valence-electron chi connectivity index (χ4n) is 3.42. The summed E-state index contributed by atoms with van der Waals surface area (Å²) in [6.45, 7) is 0.528. The Morgan fingerprint density at radius 1 is 1.00 bits per heavy atom. The van der Waals surface area contributed by atoms with E-state index in [2.05, 4.69) is 10.3 Å². The zero-order chi connectivity index (χ0) is 21.9. The second-order valence-electron chi connectivity index (χ2n) is 7.03. The smallest absolute Gasteiger partial charge is 0.339 e. The Morgan fingerprint density at radius 3 is 2.69 bits per heavy atom. The summed E-state index contributed by atoms with van der Waals surface area (Å²) in [6, 6.07) is 18.0. The molecule has 32 heavy (non-hydrogen) atoms. The molecule has 1 aliphatic rings. The summed E-state index contributed by atoms with van der Waals surface area (Å²) in [7, 11) is 0. The Balaban J connectivity index is 1.31. The van der Waals surface area contributed by atoms with Crippen molar-refractivity contribution in [3.63, 3.8) is 0 Å². The predicted octanol–water partition coefficient (Wildman–Crippen LogP) is 4.53. The second kappa shape index (κ2) is 8.68. The van der Waals surface area contributed by atoms with Crippen molar-refractivity contribution in [2.45, 2.75) is 0 Å². The van der Waals surface area contributed by atoms with Crippen molar-refractivity contribution < 1.29 is 23.8 Å². The highest BCUT2D eigenvalue weighted by atomic mass is 32.1. The molecular weight excluding hydrogens is 428 g/mol. The van der Waals surface area contributed by atoms with Crippen molar-refractivity contribution in [1.29, 1.82) is 0 Å². The molecule has 1 N–H and O–H groups in total. The van der Waals surface area contributed by atoms with Crippen LogP contribution < -0.4 is 14.8 Å². The molecule has 5 rings (SSSR count). The number of aromatic nitrogens is 1. The fourth-order valence-corrected chi connectivity index (χ4v) is 4.11. The molecule has 1 amide bonds. The molecule has 1 aliphatic heterocycles. The molecule has 2 aromatic carbocycles. The van der Waals surface area contributed by atoms with Gasteiger partial charge in [-0.25, -0.2) is 9.78 Å². The molecular formula is C24H18N2O5S. The lowest BCUT2D eigenvalue weighted by Gasteiger charge is -2.19. The van der Waals surface area contributed by atoms with Crippen LogP contribution in [0.5, 0.6) is 11.5 Å². The topological polar surface area (TPSA) is 86.8 Å². The summed E-state index contributed by atoms with van der Waals surface area (Å²) in [4.78, 5) is 30.8. The van der Waals surface area contributed by atoms with Gasteiger partial charge in [0.1, 0.15) is 13.2 Å². The molecule has 0 bridgehead atoms. The predicted molar refractivity (Wildman–Crippen MR) is 121 cm³/mol. The number of carbonyl (C=O) groups excluding carboxylic acids is 2. The van der Waals surface area contributed by atoms with Crippen LogP contribution in [0.4, 0.5) is 5.69 Å². The van der Waals surface area contributed by atoms with Gasteiger partial charge < -0.3 is 19.5 Å². The lowest BCUT2D eigenvalue weighted by atomic mass is 10.1. The maximum atomic E-state index is 12.9. The molecule has 0 radical (unpaired) electrons. The molecule has 3 heterocycles. The van der Waals surface area contributed by atoms with Crippen LogP contribution in [-0.2, 0) is 9.53 Å². The van der Waals surface area contributed by atoms with Gasteiger partial charge in [0.05, 0.1) is 21.7 Å². The van der Waals surface area contributed by atoms with Crippen molar-refractivity contribution in [1.82, 2.24) is 4.98 Å². The number of amides is 1. The molecule has 0 saturated carbocycles. The maximum Gasteiger partial charge on any atom is 0.339 e. The normalized spacial score (nSPS) is 12.4. The van der Waals surface area contributed by atoms with E-state index in [1.54, 1.807) is 24.3 Å². The minimum Gasteiger partial charge on any atom is -0.486 e. The monoisotopic (exact) mass is 446 g/mol. The Kier molecular flexibility index (Phi) is 5.43. The number of para-hydroxylation sites is 1. The highest BCUT2D eigenvalue weighted by Gasteiger charge is 2.18. The third-order valence-corrected chi connectivity index (χ3v) is 5.76. The zero-order valence-electron chi connectivity index (χ0n) is 16.9. The number of thiophene rings is 1. The average molecular weight is 446 g/mol. The van der Waals surface area contributed by atoms with E-state index in [0.29, 0.717) is 52.6 Å². The summed E-state index contributed by atoms with van der Waals surface area (Å²) < 4.78 is 16.3. The van der Waals surface area contributed by atoms with Crippen molar-refractivity contribution in [3.8, 4) is 22.1 Å². The van der Waals surface area contributed by atoms with Gasteiger partial charge in [-0.3, -0.25) is 4.79 Å². The highest BCUT2D eigenvalue weighted by Crippen LogP contribution is 2.32. The Hall–Kier alpha value is -3.91. The average Bonchev–Trinajstić information content (AvgIpc) is 3.37. The van der Waals surface area contributed by atoms with Gasteiger partial charge in [0.15, 0.2) is 18.1 Å². The van der Waals surface area contributed by atoms with Crippen LogP contribution in [-0.4, -0.2) is 36.7 Å². The molecule has 0 spiro atoms. The van der Waals surface area contributed by atoms with Gasteiger partial charge in [-0.05, 0) is 35.7 Å². The van der Waals surface area contributed by atoms with E-state index in [1.807, 2.05) is 41.8 Å². The first-order valence-corrected chi connectivity index (χ1v) is 10.9. The van der Waals surface area contributed by atoms with Crippen LogP contribution in [0.15, 0.2) is 66.0 Å². The molecule has 0 aliphatic carbocycles. The van der Waals surface area contributed by atoms with E-state index in [9.17, 15) is 9.59 Å². The minimum atomic E-state index is -0.585. The SMILES string of the molecule is O=C(COC(=O)c1cc(-c2cccs2)nc2ccccc12)Nc1ccc2c(c1)OCCO2. The van der Waals surface area contributed by atoms with E-state index < -0.39 is 18.5 Å². The quantitative estimate of drug-likeness (QED) is 0.453. The van der Waals surface area contributed by atoms with Gasteiger partial charge in [-0.1, -0.05) is 24.3 Å². The molecule has 2 aromatic heterocycles. The second-order valence-corrected chi connectivity index (χ2v) is 7.98. The fraction of sp³-hybridized carbons (Fsp3) is 0.125. The summed E-state index contributed by atoms with van der Waals surface area (Å²) in [5, 5.41) is 5.33. The molecule has 160 valence electrons. The van der Waals surface area contributed by atoms with Crippen molar-refractivity contribution in [2.24, 2.45) is 0 Å². The maximum absolute atomic E-state index is 12.9. The number of anilines is 1. The van der Waals surface area contributed by atoms with Crippen molar-refractivity contribution in [3.05, 3.63) is 71.6 Å². The standard InChI is InChI=1S/C24H18N2O5S/c27-23(25-15-7-8-20-21(12-15)30-10-9-29-20)14-31-24(28)17-13-19(22-6-3-11-32-22)26-18-5-2-1-4-16(17)18/h1-8,11-13H,9-10,14H2,(H,25,27). The zero-order valence-corrected chi connectivity index (χ0v) is 17.7. The van der Waals surface area contributed by atoms with Gasteiger partial charge in [-0.15, -0.1) is 11.3 Å². The van der Waals surface area contributed by atoms with E-state index in [-0.39, 0.29) is 0 Å². The summed E-state index contributed by atoms with van der Waals surface area (Å²) >= 11 is 1.54. The molecule has 7 nitrogen and oxygen atoms in total. The van der Waals surface area contributed by atoms with Crippen molar-refractivity contribution >= 4 is 39.8 Å². The number of carbonyl (C=O) groups is 2. The van der Waals surface area contributed by atoms with Gasteiger partial charge in [0.2, 0.25) is 0 Å². The number of nitrogens with zero attached hydrogens (tertiary/aromatic N) is 1. The molecule has 8 heteroatoms. The number of hydrogen-bond donors (Lipinski definition) is 1. The third kappa shape index (κ3) is 4.13. The summed E-state index contributed by atoms with van der Waals surface area (Å²) in [6.07, 6.45) is 0. The molecule has 0 saturated heterocycles. The van der Waals surface area contributed by atoms with Crippen LogP contribution in [0.2, 0.25) is 0 Å². The van der Waals surface area contributed by atoms with Crippen molar-refractivity contribution in [2.75, 3.05) is 25.1 Å². The number of pyridine rings is 1. The van der Waals surface area contributed by atoms with E-state index in [0.717, 1.165) is 4.88 Å². The first-order chi connectivity index (χ1) is 15.7. The van der Waals surface area contributed by atoms with Gasteiger partial charge in [0.25, 0.3) is 5.91 Å². The van der Waals surface area contributed by atoms with Crippen LogP contribution in [0, 0.1) is 0 Å². The number of fused-ring (bicyclic) bond motifs is 2. The van der Waals surface area contributed by atoms with Crippen LogP contribution in [0.1, 0.15) is 10.4 Å². The van der Waals surface area contributed by atoms with E-state index >= 15 is 0 Å².